The fourth-order valence-corrected chi connectivity index (χ4v) is 3.70. The van der Waals surface area contributed by atoms with Crippen LogP contribution in [0.15, 0.2) is 18.2 Å². The maximum absolute atomic E-state index is 12.8. The van der Waals surface area contributed by atoms with Crippen LogP contribution in [0, 0.1) is 0 Å². The summed E-state index contributed by atoms with van der Waals surface area (Å²) in [5.74, 6) is 1.41. The van der Waals surface area contributed by atoms with Crippen molar-refractivity contribution in [1.29, 1.82) is 0 Å². The van der Waals surface area contributed by atoms with Gasteiger partial charge in [-0.15, -0.1) is 0 Å². The van der Waals surface area contributed by atoms with Crippen molar-refractivity contribution >= 4 is 11.9 Å². The van der Waals surface area contributed by atoms with Gasteiger partial charge in [0.25, 0.3) is 5.91 Å². The van der Waals surface area contributed by atoms with E-state index >= 15 is 0 Å². The van der Waals surface area contributed by atoms with Crippen LogP contribution in [0.25, 0.3) is 0 Å². The minimum absolute atomic E-state index is 0.127. The lowest BCUT2D eigenvalue weighted by atomic mass is 9.94. The molecule has 1 aromatic heterocycles. The molecule has 1 atom stereocenters. The van der Waals surface area contributed by atoms with Crippen molar-refractivity contribution in [2.24, 2.45) is 0 Å². The maximum Gasteiger partial charge on any atom is 0.270 e. The molecule has 1 aromatic carbocycles. The van der Waals surface area contributed by atoms with E-state index in [1.54, 1.807) is 7.11 Å². The molecule has 0 radical (unpaired) electrons. The van der Waals surface area contributed by atoms with Crippen LogP contribution in [0.3, 0.4) is 0 Å². The molecule has 26 heavy (non-hydrogen) atoms. The third-order valence-corrected chi connectivity index (χ3v) is 4.93. The number of nitrogens with two attached hydrogens (primary N) is 1. The molecular formula is C19H22N4O3. The molecular weight excluding hydrogens is 332 g/mol. The van der Waals surface area contributed by atoms with Crippen molar-refractivity contribution in [3.8, 4) is 11.5 Å². The van der Waals surface area contributed by atoms with E-state index in [1.807, 2.05) is 18.2 Å². The van der Waals surface area contributed by atoms with Crippen molar-refractivity contribution in [3.63, 3.8) is 0 Å². The second-order valence-electron chi connectivity index (χ2n) is 6.70. The monoisotopic (exact) mass is 354 g/mol. The van der Waals surface area contributed by atoms with Gasteiger partial charge in [0.2, 0.25) is 5.95 Å². The van der Waals surface area contributed by atoms with Gasteiger partial charge in [-0.1, -0.05) is 12.1 Å². The molecule has 0 unspecified atom stereocenters. The zero-order valence-electron chi connectivity index (χ0n) is 14.7. The van der Waals surface area contributed by atoms with Crippen LogP contribution in [0.5, 0.6) is 11.5 Å². The number of methoxy groups -OCH3 is 1. The summed E-state index contributed by atoms with van der Waals surface area (Å²) >= 11 is 0. The molecule has 2 aliphatic rings. The highest BCUT2D eigenvalue weighted by Crippen LogP contribution is 2.34. The highest BCUT2D eigenvalue weighted by molar-refractivity contribution is 5.94. The van der Waals surface area contributed by atoms with E-state index in [9.17, 15) is 4.79 Å². The number of nitrogens with zero attached hydrogens (tertiary/aromatic N) is 2. The van der Waals surface area contributed by atoms with Gasteiger partial charge in [0.05, 0.1) is 13.2 Å². The first-order chi connectivity index (χ1) is 12.7. The Morgan fingerprint density at radius 3 is 3.00 bits per heavy atom. The average Bonchev–Trinajstić information content (AvgIpc) is 2.66. The van der Waals surface area contributed by atoms with Crippen LogP contribution < -0.4 is 20.5 Å². The molecule has 0 spiro atoms. The number of fused-ring (bicyclic) bond motifs is 2. The second-order valence-corrected chi connectivity index (χ2v) is 6.70. The number of benzene rings is 1. The number of carbonyl (C=O) groups is 1. The summed E-state index contributed by atoms with van der Waals surface area (Å²) in [7, 11) is 1.62. The predicted molar refractivity (Wildman–Crippen MR) is 96.5 cm³/mol. The van der Waals surface area contributed by atoms with Crippen molar-refractivity contribution in [3.05, 3.63) is 40.7 Å². The molecule has 0 saturated heterocycles. The molecule has 3 N–H and O–H groups in total. The van der Waals surface area contributed by atoms with Crippen LogP contribution in [0.4, 0.5) is 5.95 Å². The molecule has 2 aromatic rings. The lowest BCUT2D eigenvalue weighted by Gasteiger charge is -2.27. The fraction of sp³-hybridized carbons (Fsp3) is 0.421. The Morgan fingerprint density at radius 1 is 1.31 bits per heavy atom. The van der Waals surface area contributed by atoms with E-state index in [4.69, 9.17) is 15.2 Å². The van der Waals surface area contributed by atoms with Gasteiger partial charge in [-0.2, -0.15) is 0 Å². The third kappa shape index (κ3) is 3.05. The Morgan fingerprint density at radius 2 is 2.15 bits per heavy atom. The highest BCUT2D eigenvalue weighted by atomic mass is 16.5. The summed E-state index contributed by atoms with van der Waals surface area (Å²) in [5, 5.41) is 3.04. The number of aryl methyl sites for hydroxylation is 1. The summed E-state index contributed by atoms with van der Waals surface area (Å²) in [5.41, 5.74) is 9.07. The third-order valence-electron chi connectivity index (χ3n) is 4.93. The number of para-hydroxylation sites is 1. The molecule has 1 aliphatic heterocycles. The molecule has 0 fully saturated rings. The van der Waals surface area contributed by atoms with Gasteiger partial charge in [-0.3, -0.25) is 4.79 Å². The Labute approximate surface area is 151 Å². The zero-order valence-corrected chi connectivity index (χ0v) is 14.7. The Bertz CT molecular complexity index is 853. The van der Waals surface area contributed by atoms with Gasteiger partial charge in [0.15, 0.2) is 11.5 Å². The lowest BCUT2D eigenvalue weighted by molar-refractivity contribution is 0.0908. The molecule has 136 valence electrons. The molecule has 4 rings (SSSR count). The number of carbonyl (C=O) groups excluding carboxylic acids is 1. The largest absolute Gasteiger partial charge is 0.493 e. The van der Waals surface area contributed by atoms with Gasteiger partial charge >= 0.3 is 0 Å². The van der Waals surface area contributed by atoms with Gasteiger partial charge in [0, 0.05) is 16.8 Å². The minimum atomic E-state index is -0.211. The number of rotatable bonds is 3. The van der Waals surface area contributed by atoms with E-state index in [2.05, 4.69) is 15.3 Å². The minimum Gasteiger partial charge on any atom is -0.493 e. The molecule has 7 heteroatoms. The number of nitrogens with one attached hydrogen (secondary N) is 1. The van der Waals surface area contributed by atoms with Gasteiger partial charge in [-0.05, 0) is 38.2 Å². The summed E-state index contributed by atoms with van der Waals surface area (Å²) in [6.07, 6.45) is 4.46. The number of anilines is 1. The molecule has 7 nitrogen and oxygen atoms in total. The standard InChI is InChI=1S/C19H22N4O3/c1-25-15-8-4-5-11-9-12(10-26-17(11)15)21-18(24)16-13-6-2-3-7-14(13)22-19(20)23-16/h4-5,8,12H,2-3,6-7,9-10H2,1H3,(H,21,24)(H2,20,22,23)/t12-/m1/s1. The highest BCUT2D eigenvalue weighted by Gasteiger charge is 2.27. The summed E-state index contributed by atoms with van der Waals surface area (Å²) < 4.78 is 11.2. The van der Waals surface area contributed by atoms with E-state index < -0.39 is 0 Å². The number of hydrogen-bond acceptors (Lipinski definition) is 6. The van der Waals surface area contributed by atoms with E-state index in [-0.39, 0.29) is 17.9 Å². The van der Waals surface area contributed by atoms with Crippen LogP contribution in [-0.4, -0.2) is 35.6 Å². The number of aromatic nitrogens is 2. The van der Waals surface area contributed by atoms with Gasteiger partial charge in [-0.25, -0.2) is 9.97 Å². The molecule has 1 amide bonds. The first kappa shape index (κ1) is 16.6. The SMILES string of the molecule is COc1cccc2c1OC[C@H](NC(=O)c1nc(N)nc3c1CCCC3)C2. The van der Waals surface area contributed by atoms with E-state index in [1.165, 1.54) is 0 Å². The van der Waals surface area contributed by atoms with Crippen LogP contribution in [-0.2, 0) is 19.3 Å². The zero-order chi connectivity index (χ0) is 18.1. The number of amides is 1. The van der Waals surface area contributed by atoms with E-state index in [0.29, 0.717) is 24.5 Å². The summed E-state index contributed by atoms with van der Waals surface area (Å²) in [6, 6.07) is 5.65. The first-order valence-electron chi connectivity index (χ1n) is 8.90. The Balaban J connectivity index is 1.54. The van der Waals surface area contributed by atoms with Crippen LogP contribution in [0.2, 0.25) is 0 Å². The van der Waals surface area contributed by atoms with Gasteiger partial charge < -0.3 is 20.5 Å². The van der Waals surface area contributed by atoms with Crippen molar-refractivity contribution < 1.29 is 14.3 Å². The van der Waals surface area contributed by atoms with Crippen molar-refractivity contribution in [1.82, 2.24) is 15.3 Å². The summed E-state index contributed by atoms with van der Waals surface area (Å²) in [4.78, 5) is 21.4. The number of nitrogen functional groups attached to an aromatic ring is 1. The topological polar surface area (TPSA) is 99.4 Å². The fourth-order valence-electron chi connectivity index (χ4n) is 3.70. The molecule has 0 bridgehead atoms. The smallest absolute Gasteiger partial charge is 0.270 e. The Hall–Kier alpha value is -2.83. The second kappa shape index (κ2) is 6.82. The maximum atomic E-state index is 12.8. The van der Waals surface area contributed by atoms with Crippen LogP contribution in [0.1, 0.15) is 40.2 Å². The molecule has 0 saturated carbocycles. The number of ether oxygens (including phenoxy) is 2. The average molecular weight is 354 g/mol. The molecule has 1 aliphatic carbocycles. The number of hydrogen-bond donors (Lipinski definition) is 2. The van der Waals surface area contributed by atoms with Crippen molar-refractivity contribution in [2.45, 2.75) is 38.1 Å². The van der Waals surface area contributed by atoms with Crippen LogP contribution >= 0.6 is 0 Å². The first-order valence-corrected chi connectivity index (χ1v) is 8.90. The Kier molecular flexibility index (Phi) is 4.36. The normalized spacial score (nSPS) is 18.3. The molecule has 2 heterocycles. The lowest BCUT2D eigenvalue weighted by Crippen LogP contribution is -2.43. The van der Waals surface area contributed by atoms with Gasteiger partial charge in [0.1, 0.15) is 12.3 Å². The summed E-state index contributed by atoms with van der Waals surface area (Å²) in [6.45, 7) is 0.391. The predicted octanol–water partition coefficient (Wildman–Crippen LogP) is 1.68. The van der Waals surface area contributed by atoms with E-state index in [0.717, 1.165) is 48.3 Å². The van der Waals surface area contributed by atoms with Crippen molar-refractivity contribution in [2.75, 3.05) is 19.5 Å². The quantitative estimate of drug-likeness (QED) is 0.870.